The summed E-state index contributed by atoms with van der Waals surface area (Å²) in [7, 11) is 3.20. The van der Waals surface area contributed by atoms with E-state index in [-0.39, 0.29) is 0 Å². The van der Waals surface area contributed by atoms with Crippen molar-refractivity contribution in [2.75, 3.05) is 33.5 Å². The third-order valence-corrected chi connectivity index (χ3v) is 7.79. The Morgan fingerprint density at radius 3 is 2.90 bits per heavy atom. The summed E-state index contributed by atoms with van der Waals surface area (Å²) >= 11 is 0. The molecule has 2 aliphatic rings. The molecule has 3 heterocycles. The first-order chi connectivity index (χ1) is 13.7. The lowest BCUT2D eigenvalue weighted by molar-refractivity contribution is -0.665. The van der Waals surface area contributed by atoms with Gasteiger partial charge < -0.3 is 10.1 Å². The van der Waals surface area contributed by atoms with Crippen molar-refractivity contribution in [3.8, 4) is 11.8 Å². The van der Waals surface area contributed by atoms with Crippen molar-refractivity contribution >= 4 is 20.0 Å². The minimum atomic E-state index is -1.07. The minimum absolute atomic E-state index is 0.628. The molecule has 3 rings (SSSR count). The van der Waals surface area contributed by atoms with E-state index in [9.17, 15) is 0 Å². The van der Waals surface area contributed by atoms with Gasteiger partial charge in [-0.25, -0.2) is 4.98 Å². The van der Waals surface area contributed by atoms with Gasteiger partial charge in [0.15, 0.2) is 12.4 Å². The highest BCUT2D eigenvalue weighted by Crippen LogP contribution is 2.29. The highest BCUT2D eigenvalue weighted by Gasteiger charge is 2.40. The first-order valence-corrected chi connectivity index (χ1v) is 14.6. The molecule has 1 N–H and O–H groups in total. The number of aromatic nitrogens is 2. The van der Waals surface area contributed by atoms with Crippen molar-refractivity contribution in [1.29, 1.82) is 0 Å². The molecule has 0 radical (unpaired) electrons. The van der Waals surface area contributed by atoms with Crippen molar-refractivity contribution < 1.29 is 9.30 Å². The maximum absolute atomic E-state index is 6.06. The van der Waals surface area contributed by atoms with E-state index in [0.717, 1.165) is 49.2 Å². The number of nitrogens with one attached hydrogen (secondary N) is 1. The van der Waals surface area contributed by atoms with E-state index < -0.39 is 8.07 Å². The van der Waals surface area contributed by atoms with Gasteiger partial charge in [-0.2, -0.15) is 4.48 Å². The van der Waals surface area contributed by atoms with Crippen molar-refractivity contribution in [3.05, 3.63) is 23.8 Å². The molecule has 6 heteroatoms. The second kappa shape index (κ2) is 9.09. The molecular formula is C23H38N4OSi+2. The molecule has 29 heavy (non-hydrogen) atoms. The van der Waals surface area contributed by atoms with Crippen molar-refractivity contribution in [3.63, 3.8) is 0 Å². The van der Waals surface area contributed by atoms with Gasteiger partial charge in [0.05, 0.1) is 13.7 Å². The zero-order chi connectivity index (χ0) is 21.1. The molecular weight excluding hydrogens is 376 g/mol. The van der Waals surface area contributed by atoms with E-state index in [0.29, 0.717) is 17.1 Å². The Morgan fingerprint density at radius 2 is 2.17 bits per heavy atom. The highest BCUT2D eigenvalue weighted by molar-refractivity contribution is 6.76. The Bertz CT molecular complexity index is 821. The number of fused-ring (bicyclic) bond motifs is 1. The largest absolute Gasteiger partial charge is 0.401 e. The molecule has 0 amide bonds. The van der Waals surface area contributed by atoms with E-state index in [1.807, 2.05) is 0 Å². The molecule has 158 valence electrons. The van der Waals surface area contributed by atoms with E-state index in [4.69, 9.17) is 9.72 Å². The average Bonchev–Trinajstić information content (AvgIpc) is 2.97. The summed E-state index contributed by atoms with van der Waals surface area (Å²) in [6.07, 6.45) is 8.53. The van der Waals surface area contributed by atoms with Crippen LogP contribution in [0.1, 0.15) is 31.2 Å². The van der Waals surface area contributed by atoms with Crippen LogP contribution >= 0.6 is 0 Å². The van der Waals surface area contributed by atoms with E-state index in [1.165, 1.54) is 12.5 Å². The quantitative estimate of drug-likeness (QED) is 0.256. The van der Waals surface area contributed by atoms with Crippen molar-refractivity contribution in [2.45, 2.75) is 45.5 Å². The van der Waals surface area contributed by atoms with Crippen molar-refractivity contribution in [1.82, 2.24) is 14.8 Å². The summed E-state index contributed by atoms with van der Waals surface area (Å²) in [5, 5.41) is 3.49. The first kappa shape index (κ1) is 22.2. The maximum Gasteiger partial charge on any atom is 0.401 e. The SMILES string of the molecule is CC1CCNCC1CC#Cc1c[n+](C)c2c(n1)C=C[N+]2(C)COCC[Si](C)(C)C. The molecule has 0 aromatic carbocycles. The van der Waals surface area contributed by atoms with Crippen LogP contribution in [0.3, 0.4) is 0 Å². The summed E-state index contributed by atoms with van der Waals surface area (Å²) in [6.45, 7) is 13.2. The van der Waals surface area contributed by atoms with Crippen LogP contribution in [-0.4, -0.2) is 46.5 Å². The van der Waals surface area contributed by atoms with E-state index in [2.05, 4.69) is 80.9 Å². The Labute approximate surface area is 177 Å². The predicted molar refractivity (Wildman–Crippen MR) is 123 cm³/mol. The molecule has 5 nitrogen and oxygen atoms in total. The second-order valence-corrected chi connectivity index (χ2v) is 15.7. The predicted octanol–water partition coefficient (Wildman–Crippen LogP) is 3.13. The van der Waals surface area contributed by atoms with Crippen LogP contribution < -0.4 is 14.4 Å². The van der Waals surface area contributed by atoms with Crippen LogP contribution in [0.2, 0.25) is 25.7 Å². The van der Waals surface area contributed by atoms with Gasteiger partial charge >= 0.3 is 5.82 Å². The fourth-order valence-corrected chi connectivity index (χ4v) is 4.83. The molecule has 0 spiro atoms. The minimum Gasteiger partial charge on any atom is -0.331 e. The van der Waals surface area contributed by atoms with Crippen LogP contribution in [-0.2, 0) is 11.8 Å². The molecule has 1 aromatic rings. The highest BCUT2D eigenvalue weighted by atomic mass is 28.3. The number of aryl methyl sites for hydroxylation is 1. The van der Waals surface area contributed by atoms with Crippen LogP contribution in [0.4, 0.5) is 5.82 Å². The van der Waals surface area contributed by atoms with Gasteiger partial charge in [-0.1, -0.05) is 32.5 Å². The molecule has 1 saturated heterocycles. The van der Waals surface area contributed by atoms with Gasteiger partial charge in [-0.15, -0.1) is 4.57 Å². The monoisotopic (exact) mass is 414 g/mol. The van der Waals surface area contributed by atoms with Gasteiger partial charge in [0, 0.05) is 20.6 Å². The Hall–Kier alpha value is -1.52. The molecule has 1 aromatic heterocycles. The Balaban J connectivity index is 1.65. The lowest BCUT2D eigenvalue weighted by Crippen LogP contribution is -2.49. The number of ether oxygens (including phenoxy) is 1. The normalized spacial score (nSPS) is 26.1. The van der Waals surface area contributed by atoms with Crippen LogP contribution in [0, 0.1) is 23.7 Å². The lowest BCUT2D eigenvalue weighted by atomic mass is 9.86. The van der Waals surface area contributed by atoms with Crippen LogP contribution in [0.5, 0.6) is 0 Å². The van der Waals surface area contributed by atoms with Crippen LogP contribution in [0.25, 0.3) is 6.08 Å². The smallest absolute Gasteiger partial charge is 0.331 e. The summed E-state index contributed by atoms with van der Waals surface area (Å²) in [4.78, 5) is 4.82. The third-order valence-electron chi connectivity index (χ3n) is 6.09. The molecule has 0 saturated carbocycles. The summed E-state index contributed by atoms with van der Waals surface area (Å²) in [5.74, 6) is 9.24. The van der Waals surface area contributed by atoms with Gasteiger partial charge in [0.2, 0.25) is 11.9 Å². The maximum atomic E-state index is 6.06. The molecule has 1 fully saturated rings. The third kappa shape index (κ3) is 5.76. The number of rotatable bonds is 6. The average molecular weight is 415 g/mol. The zero-order valence-corrected chi connectivity index (χ0v) is 20.1. The van der Waals surface area contributed by atoms with Gasteiger partial charge in [0.1, 0.15) is 13.2 Å². The Kier molecular flexibility index (Phi) is 6.95. The number of hydrogen-bond donors (Lipinski definition) is 1. The standard InChI is InChI=1S/C23H38N4OSi/c1-19-10-12-24-16-20(19)8-7-9-21-17-26(2)23-22(25-21)11-13-27(23,3)18-28-14-15-29(4,5)6/h11,13,17,19-20,24H,8,10,12,14-16,18H2,1-6H3/q+2. The molecule has 3 unspecified atom stereocenters. The number of nitrogens with zero attached hydrogens (tertiary/aromatic N) is 3. The van der Waals surface area contributed by atoms with Gasteiger partial charge in [0.25, 0.3) is 0 Å². The molecule has 3 atom stereocenters. The van der Waals surface area contributed by atoms with Crippen molar-refractivity contribution in [2.24, 2.45) is 18.9 Å². The van der Waals surface area contributed by atoms with E-state index >= 15 is 0 Å². The van der Waals surface area contributed by atoms with Gasteiger partial charge in [-0.05, 0) is 43.3 Å². The van der Waals surface area contributed by atoms with E-state index in [1.54, 1.807) is 0 Å². The second-order valence-electron chi connectivity index (χ2n) is 10.1. The van der Waals surface area contributed by atoms with Gasteiger partial charge in [-0.3, -0.25) is 0 Å². The number of hydrogen-bond acceptors (Lipinski definition) is 3. The lowest BCUT2D eigenvalue weighted by Gasteiger charge is -2.27. The molecule has 0 aliphatic carbocycles. The summed E-state index contributed by atoms with van der Waals surface area (Å²) in [6, 6.07) is 1.19. The first-order valence-electron chi connectivity index (χ1n) is 10.9. The fourth-order valence-electron chi connectivity index (χ4n) is 4.07. The summed E-state index contributed by atoms with van der Waals surface area (Å²) in [5.41, 5.74) is 1.85. The molecule has 2 aliphatic heterocycles. The zero-order valence-electron chi connectivity index (χ0n) is 19.1. The molecule has 0 bridgehead atoms. The Morgan fingerprint density at radius 1 is 1.38 bits per heavy atom. The topological polar surface area (TPSA) is 38.0 Å². The fraction of sp³-hybridized carbons (Fsp3) is 0.652. The van der Waals surface area contributed by atoms with Crippen LogP contribution in [0.15, 0.2) is 12.4 Å². The summed E-state index contributed by atoms with van der Waals surface area (Å²) < 4.78 is 8.86. The number of quaternary nitrogens is 1. The number of piperidine rings is 1.